The van der Waals surface area contributed by atoms with Crippen LogP contribution >= 0.6 is 0 Å². The zero-order valence-corrected chi connectivity index (χ0v) is 15.1. The third-order valence-corrected chi connectivity index (χ3v) is 5.15. The molecule has 142 valence electrons. The van der Waals surface area contributed by atoms with Crippen molar-refractivity contribution >= 4 is 11.8 Å². The Labute approximate surface area is 157 Å². The summed E-state index contributed by atoms with van der Waals surface area (Å²) >= 11 is 0. The average molecular weight is 369 g/mol. The van der Waals surface area contributed by atoms with E-state index in [1.165, 1.54) is 0 Å². The van der Waals surface area contributed by atoms with Gasteiger partial charge in [0.15, 0.2) is 5.69 Å². The predicted octanol–water partition coefficient (Wildman–Crippen LogP) is 0.679. The maximum absolute atomic E-state index is 13.1. The van der Waals surface area contributed by atoms with E-state index in [2.05, 4.69) is 20.8 Å². The molecule has 2 aromatic rings. The minimum atomic E-state index is -0.570. The molecule has 27 heavy (non-hydrogen) atoms. The van der Waals surface area contributed by atoms with Gasteiger partial charge in [-0.2, -0.15) is 0 Å². The lowest BCUT2D eigenvalue weighted by Crippen LogP contribution is -2.59. The summed E-state index contributed by atoms with van der Waals surface area (Å²) in [6.45, 7) is 1.92. The Morgan fingerprint density at radius 2 is 2.22 bits per heavy atom. The summed E-state index contributed by atoms with van der Waals surface area (Å²) in [5, 5.41) is 10.1. The van der Waals surface area contributed by atoms with E-state index in [1.807, 2.05) is 12.1 Å². The van der Waals surface area contributed by atoms with Crippen LogP contribution in [0.2, 0.25) is 0 Å². The van der Waals surface area contributed by atoms with Gasteiger partial charge >= 0.3 is 0 Å². The van der Waals surface area contributed by atoms with E-state index in [-0.39, 0.29) is 11.8 Å². The molecule has 0 aromatic carbocycles. The molecule has 1 fully saturated rings. The van der Waals surface area contributed by atoms with Gasteiger partial charge in [0.1, 0.15) is 11.8 Å². The second kappa shape index (κ2) is 7.87. The number of aromatic nitrogens is 2. The lowest BCUT2D eigenvalue weighted by molar-refractivity contribution is -0.126. The summed E-state index contributed by atoms with van der Waals surface area (Å²) < 4.78 is 5.38. The fraction of sp³-hybridized carbons (Fsp3) is 0.474. The van der Waals surface area contributed by atoms with Crippen molar-refractivity contribution in [3.05, 3.63) is 47.1 Å². The van der Waals surface area contributed by atoms with Crippen molar-refractivity contribution in [3.8, 4) is 0 Å². The molecule has 4 rings (SSSR count). The first-order valence-electron chi connectivity index (χ1n) is 9.40. The number of hydrogen-bond acceptors (Lipinski definition) is 6. The molecule has 1 aliphatic carbocycles. The molecule has 0 bridgehead atoms. The van der Waals surface area contributed by atoms with Crippen LogP contribution in [0.25, 0.3) is 0 Å². The topological polar surface area (TPSA) is 100 Å². The van der Waals surface area contributed by atoms with E-state index in [0.29, 0.717) is 31.9 Å². The van der Waals surface area contributed by atoms with Crippen LogP contribution in [-0.4, -0.2) is 52.5 Å². The Bertz CT molecular complexity index is 820. The van der Waals surface area contributed by atoms with Crippen molar-refractivity contribution < 1.29 is 14.1 Å². The summed E-state index contributed by atoms with van der Waals surface area (Å²) in [4.78, 5) is 31.5. The maximum atomic E-state index is 13.1. The van der Waals surface area contributed by atoms with Crippen LogP contribution < -0.4 is 10.6 Å². The third kappa shape index (κ3) is 3.71. The normalized spacial score (nSPS) is 19.4. The Morgan fingerprint density at radius 1 is 1.33 bits per heavy atom. The molecule has 1 saturated heterocycles. The molecule has 3 heterocycles. The summed E-state index contributed by atoms with van der Waals surface area (Å²) in [6.07, 6.45) is 7.13. The van der Waals surface area contributed by atoms with Crippen molar-refractivity contribution in [3.63, 3.8) is 0 Å². The highest BCUT2D eigenvalue weighted by Gasteiger charge is 2.35. The maximum Gasteiger partial charge on any atom is 0.277 e. The molecule has 1 unspecified atom stereocenters. The van der Waals surface area contributed by atoms with Gasteiger partial charge in [-0.3, -0.25) is 14.6 Å². The average Bonchev–Trinajstić information content (AvgIpc) is 3.16. The van der Waals surface area contributed by atoms with Gasteiger partial charge in [0.2, 0.25) is 5.91 Å². The molecule has 2 aromatic heterocycles. The molecule has 1 aliphatic heterocycles. The Hall–Kier alpha value is -2.74. The lowest BCUT2D eigenvalue weighted by atomic mass is 9.96. The minimum Gasteiger partial charge on any atom is -0.360 e. The van der Waals surface area contributed by atoms with E-state index in [4.69, 9.17) is 4.52 Å². The van der Waals surface area contributed by atoms with E-state index in [1.54, 1.807) is 17.3 Å². The monoisotopic (exact) mass is 369 g/mol. The number of carbonyl (C=O) groups is 2. The van der Waals surface area contributed by atoms with Crippen LogP contribution in [-0.2, 0) is 24.2 Å². The van der Waals surface area contributed by atoms with Crippen LogP contribution in [0.3, 0.4) is 0 Å². The van der Waals surface area contributed by atoms with Gasteiger partial charge in [0.05, 0.1) is 0 Å². The van der Waals surface area contributed by atoms with Crippen LogP contribution in [0.1, 0.15) is 40.2 Å². The summed E-state index contributed by atoms with van der Waals surface area (Å²) in [5.41, 5.74) is 2.20. The zero-order chi connectivity index (χ0) is 18.6. The number of carbonyl (C=O) groups excluding carboxylic acids is 2. The quantitative estimate of drug-likeness (QED) is 0.822. The van der Waals surface area contributed by atoms with Gasteiger partial charge in [-0.05, 0) is 30.9 Å². The minimum absolute atomic E-state index is 0.184. The number of hydrogen-bond donors (Lipinski definition) is 2. The van der Waals surface area contributed by atoms with Crippen LogP contribution in [0.4, 0.5) is 0 Å². The fourth-order valence-corrected chi connectivity index (χ4v) is 3.68. The Kier molecular flexibility index (Phi) is 5.15. The second-order valence-electron chi connectivity index (χ2n) is 6.94. The number of nitrogens with zero attached hydrogens (tertiary/aromatic N) is 3. The molecule has 2 aliphatic rings. The molecular weight excluding hydrogens is 346 g/mol. The molecule has 2 amide bonds. The van der Waals surface area contributed by atoms with Gasteiger partial charge in [-0.25, -0.2) is 0 Å². The van der Waals surface area contributed by atoms with E-state index >= 15 is 0 Å². The molecule has 1 atom stereocenters. The van der Waals surface area contributed by atoms with Gasteiger partial charge in [0.25, 0.3) is 5.91 Å². The molecule has 0 radical (unpaired) electrons. The first-order chi connectivity index (χ1) is 13.2. The summed E-state index contributed by atoms with van der Waals surface area (Å²) in [7, 11) is 0. The number of fused-ring (bicyclic) bond motifs is 1. The van der Waals surface area contributed by atoms with E-state index in [0.717, 1.165) is 42.6 Å². The largest absolute Gasteiger partial charge is 0.360 e. The third-order valence-electron chi connectivity index (χ3n) is 5.15. The Balaban J connectivity index is 1.47. The predicted molar refractivity (Wildman–Crippen MR) is 96.9 cm³/mol. The molecule has 2 N–H and O–H groups in total. The van der Waals surface area contributed by atoms with Gasteiger partial charge in [-0.1, -0.05) is 11.2 Å². The highest BCUT2D eigenvalue weighted by Crippen LogP contribution is 2.25. The molecule has 0 spiro atoms. The lowest BCUT2D eigenvalue weighted by Gasteiger charge is -2.34. The molecule has 8 heteroatoms. The number of pyridine rings is 1. The van der Waals surface area contributed by atoms with Crippen molar-refractivity contribution in [2.24, 2.45) is 0 Å². The fourth-order valence-electron chi connectivity index (χ4n) is 3.68. The number of piperazine rings is 1. The molecule has 0 saturated carbocycles. The first kappa shape index (κ1) is 17.7. The second-order valence-corrected chi connectivity index (χ2v) is 6.94. The highest BCUT2D eigenvalue weighted by atomic mass is 16.5. The van der Waals surface area contributed by atoms with Gasteiger partial charge in [0, 0.05) is 50.6 Å². The molecular formula is C19H23N5O3. The standard InChI is InChI=1S/C19H23N5O3/c25-18(22-11-13-4-3-7-20-10-13)15-12-21-8-9-24(15)19(26)17-14-5-1-2-6-16(14)27-23-17/h3-4,7,10,15,21H,1-2,5-6,8-9,11-12H2,(H,22,25). The van der Waals surface area contributed by atoms with E-state index in [9.17, 15) is 9.59 Å². The number of nitrogens with one attached hydrogen (secondary N) is 2. The Morgan fingerprint density at radius 3 is 3.07 bits per heavy atom. The zero-order valence-electron chi connectivity index (χ0n) is 15.1. The van der Waals surface area contributed by atoms with E-state index < -0.39 is 6.04 Å². The van der Waals surface area contributed by atoms with Crippen molar-refractivity contribution in [2.45, 2.75) is 38.3 Å². The van der Waals surface area contributed by atoms with Crippen molar-refractivity contribution in [2.75, 3.05) is 19.6 Å². The van der Waals surface area contributed by atoms with Crippen molar-refractivity contribution in [1.82, 2.24) is 25.7 Å². The number of amides is 2. The summed E-state index contributed by atoms with van der Waals surface area (Å²) in [6, 6.07) is 3.16. The number of rotatable bonds is 4. The van der Waals surface area contributed by atoms with Gasteiger partial charge in [-0.15, -0.1) is 0 Å². The van der Waals surface area contributed by atoms with Crippen LogP contribution in [0.5, 0.6) is 0 Å². The van der Waals surface area contributed by atoms with Crippen LogP contribution in [0, 0.1) is 0 Å². The van der Waals surface area contributed by atoms with Gasteiger partial charge < -0.3 is 20.1 Å². The smallest absolute Gasteiger partial charge is 0.277 e. The summed E-state index contributed by atoms with van der Waals surface area (Å²) in [5.74, 6) is 0.416. The van der Waals surface area contributed by atoms with Crippen molar-refractivity contribution in [1.29, 1.82) is 0 Å². The highest BCUT2D eigenvalue weighted by molar-refractivity contribution is 5.97. The SMILES string of the molecule is O=C(NCc1cccnc1)C1CNCCN1C(=O)c1noc2c1CCCC2. The number of aryl methyl sites for hydroxylation is 1. The molecule has 8 nitrogen and oxygen atoms in total. The first-order valence-corrected chi connectivity index (χ1v) is 9.40. The van der Waals surface area contributed by atoms with Crippen LogP contribution in [0.15, 0.2) is 29.0 Å².